The van der Waals surface area contributed by atoms with E-state index < -0.39 is 0 Å². The van der Waals surface area contributed by atoms with Crippen LogP contribution in [-0.2, 0) is 16.0 Å². The first-order chi connectivity index (χ1) is 14.1. The third kappa shape index (κ3) is 3.94. The molecule has 0 saturated heterocycles. The number of halogens is 1. The van der Waals surface area contributed by atoms with Crippen molar-refractivity contribution in [3.63, 3.8) is 0 Å². The van der Waals surface area contributed by atoms with E-state index in [0.717, 1.165) is 11.3 Å². The summed E-state index contributed by atoms with van der Waals surface area (Å²) in [5.41, 5.74) is 2.91. The fourth-order valence-corrected chi connectivity index (χ4v) is 3.33. The first-order valence-electron chi connectivity index (χ1n) is 9.36. The van der Waals surface area contributed by atoms with Crippen LogP contribution in [0.1, 0.15) is 11.1 Å². The maximum atomic E-state index is 13.1. The highest BCUT2D eigenvalue weighted by molar-refractivity contribution is 6.36. The normalized spacial score (nSPS) is 13.9. The average Bonchev–Trinajstić information content (AvgIpc) is 2.98. The SMILES string of the molecule is O=C1C(Nc2ccccc2)=C(c2ccccc2)C(=O)N1CCc1ccc(F)cc1. The number of rotatable bonds is 6. The van der Waals surface area contributed by atoms with Crippen molar-refractivity contribution in [2.45, 2.75) is 6.42 Å². The molecule has 0 radical (unpaired) electrons. The first kappa shape index (κ1) is 18.6. The van der Waals surface area contributed by atoms with Crippen LogP contribution in [0.3, 0.4) is 0 Å². The van der Waals surface area contributed by atoms with E-state index in [0.29, 0.717) is 17.6 Å². The molecule has 0 aromatic heterocycles. The molecule has 0 spiro atoms. The number of nitrogens with one attached hydrogen (secondary N) is 1. The van der Waals surface area contributed by atoms with Crippen LogP contribution in [0.4, 0.5) is 10.1 Å². The second-order valence-corrected chi connectivity index (χ2v) is 6.75. The van der Waals surface area contributed by atoms with E-state index in [4.69, 9.17) is 0 Å². The Morgan fingerprint density at radius 2 is 1.38 bits per heavy atom. The van der Waals surface area contributed by atoms with Gasteiger partial charge in [0.15, 0.2) is 0 Å². The van der Waals surface area contributed by atoms with E-state index in [-0.39, 0.29) is 29.9 Å². The lowest BCUT2D eigenvalue weighted by atomic mass is 10.0. The maximum absolute atomic E-state index is 13.1. The fraction of sp³-hybridized carbons (Fsp3) is 0.0833. The third-order valence-corrected chi connectivity index (χ3v) is 4.81. The van der Waals surface area contributed by atoms with Gasteiger partial charge in [-0.25, -0.2) is 4.39 Å². The van der Waals surface area contributed by atoms with Crippen LogP contribution in [0.2, 0.25) is 0 Å². The Labute approximate surface area is 168 Å². The van der Waals surface area contributed by atoms with E-state index in [9.17, 15) is 14.0 Å². The van der Waals surface area contributed by atoms with Gasteiger partial charge in [0.2, 0.25) is 0 Å². The summed E-state index contributed by atoms with van der Waals surface area (Å²) < 4.78 is 13.1. The predicted molar refractivity (Wildman–Crippen MR) is 110 cm³/mol. The van der Waals surface area contributed by atoms with Gasteiger partial charge in [-0.15, -0.1) is 0 Å². The zero-order valence-corrected chi connectivity index (χ0v) is 15.6. The summed E-state index contributed by atoms with van der Waals surface area (Å²) in [5, 5.41) is 3.12. The quantitative estimate of drug-likeness (QED) is 0.644. The topological polar surface area (TPSA) is 49.4 Å². The van der Waals surface area contributed by atoms with Gasteiger partial charge < -0.3 is 5.32 Å². The highest BCUT2D eigenvalue weighted by Gasteiger charge is 2.38. The van der Waals surface area contributed by atoms with E-state index in [1.54, 1.807) is 12.1 Å². The first-order valence-corrected chi connectivity index (χ1v) is 9.36. The Kier molecular flexibility index (Phi) is 5.20. The highest BCUT2D eigenvalue weighted by atomic mass is 19.1. The minimum absolute atomic E-state index is 0.222. The van der Waals surface area contributed by atoms with Gasteiger partial charge in [0.25, 0.3) is 11.8 Å². The predicted octanol–water partition coefficient (Wildman–Crippen LogP) is 4.26. The number of amides is 2. The van der Waals surface area contributed by atoms with Crippen LogP contribution in [0.25, 0.3) is 5.57 Å². The van der Waals surface area contributed by atoms with Crippen LogP contribution in [0, 0.1) is 5.82 Å². The molecule has 1 aliphatic heterocycles. The van der Waals surface area contributed by atoms with Crippen molar-refractivity contribution in [1.82, 2.24) is 4.90 Å². The maximum Gasteiger partial charge on any atom is 0.278 e. The molecule has 29 heavy (non-hydrogen) atoms. The van der Waals surface area contributed by atoms with Gasteiger partial charge in [0.1, 0.15) is 11.5 Å². The molecular formula is C24H19FN2O2. The highest BCUT2D eigenvalue weighted by Crippen LogP contribution is 2.30. The molecule has 0 unspecified atom stereocenters. The molecule has 4 rings (SSSR count). The molecule has 144 valence electrons. The number of hydrogen-bond donors (Lipinski definition) is 1. The summed E-state index contributed by atoms with van der Waals surface area (Å²) in [5.74, 6) is -1.01. The van der Waals surface area contributed by atoms with E-state index in [2.05, 4.69) is 5.32 Å². The molecule has 5 heteroatoms. The molecule has 0 saturated carbocycles. The van der Waals surface area contributed by atoms with Gasteiger partial charge in [-0.1, -0.05) is 60.7 Å². The van der Waals surface area contributed by atoms with Crippen molar-refractivity contribution in [2.24, 2.45) is 0 Å². The van der Waals surface area contributed by atoms with Crippen molar-refractivity contribution in [3.8, 4) is 0 Å². The Hall–Kier alpha value is -3.73. The number of carbonyl (C=O) groups excluding carboxylic acids is 2. The van der Waals surface area contributed by atoms with Gasteiger partial charge in [-0.2, -0.15) is 0 Å². The molecule has 1 aliphatic rings. The van der Waals surface area contributed by atoms with Gasteiger partial charge in [0, 0.05) is 12.2 Å². The molecule has 0 bridgehead atoms. The van der Waals surface area contributed by atoms with Crippen molar-refractivity contribution in [1.29, 1.82) is 0 Å². The van der Waals surface area contributed by atoms with E-state index >= 15 is 0 Å². The summed E-state index contributed by atoms with van der Waals surface area (Å²) in [6.45, 7) is 0.222. The molecule has 0 aliphatic carbocycles. The lowest BCUT2D eigenvalue weighted by Gasteiger charge is -2.15. The summed E-state index contributed by atoms with van der Waals surface area (Å²) in [6, 6.07) is 24.5. The summed E-state index contributed by atoms with van der Waals surface area (Å²) >= 11 is 0. The molecular weight excluding hydrogens is 367 g/mol. The molecule has 2 amide bonds. The zero-order chi connectivity index (χ0) is 20.2. The van der Waals surface area contributed by atoms with E-state index in [1.807, 2.05) is 60.7 Å². The number of anilines is 1. The van der Waals surface area contributed by atoms with E-state index in [1.165, 1.54) is 17.0 Å². The smallest absolute Gasteiger partial charge is 0.278 e. The van der Waals surface area contributed by atoms with Gasteiger partial charge >= 0.3 is 0 Å². The molecule has 0 fully saturated rings. The number of para-hydroxylation sites is 1. The Morgan fingerprint density at radius 3 is 2.03 bits per heavy atom. The summed E-state index contributed by atoms with van der Waals surface area (Å²) in [4.78, 5) is 27.5. The molecule has 0 atom stereocenters. The van der Waals surface area contributed by atoms with Gasteiger partial charge in [0.05, 0.1) is 5.57 Å². The summed E-state index contributed by atoms with van der Waals surface area (Å²) in [6.07, 6.45) is 0.457. The number of hydrogen-bond acceptors (Lipinski definition) is 3. The number of benzene rings is 3. The van der Waals surface area contributed by atoms with Crippen molar-refractivity contribution < 1.29 is 14.0 Å². The number of carbonyl (C=O) groups is 2. The number of imide groups is 1. The second-order valence-electron chi connectivity index (χ2n) is 6.75. The Balaban J connectivity index is 1.63. The standard InChI is InChI=1S/C24H19FN2O2/c25-19-13-11-17(12-14-19)15-16-27-23(28)21(18-7-3-1-4-8-18)22(24(27)29)26-20-9-5-2-6-10-20/h1-14,26H,15-16H2. The minimum Gasteiger partial charge on any atom is -0.350 e. The van der Waals surface area contributed by atoms with Crippen molar-refractivity contribution in [3.05, 3.63) is 108 Å². The van der Waals surface area contributed by atoms with Gasteiger partial charge in [-0.3, -0.25) is 14.5 Å². The monoisotopic (exact) mass is 386 g/mol. The van der Waals surface area contributed by atoms with Crippen LogP contribution >= 0.6 is 0 Å². The Bertz CT molecular complexity index is 1060. The van der Waals surface area contributed by atoms with Crippen molar-refractivity contribution in [2.75, 3.05) is 11.9 Å². The molecule has 1 heterocycles. The van der Waals surface area contributed by atoms with Crippen LogP contribution in [0.15, 0.2) is 90.6 Å². The third-order valence-electron chi connectivity index (χ3n) is 4.81. The van der Waals surface area contributed by atoms with Crippen LogP contribution in [0.5, 0.6) is 0 Å². The lowest BCUT2D eigenvalue weighted by molar-refractivity contribution is -0.136. The minimum atomic E-state index is -0.361. The zero-order valence-electron chi connectivity index (χ0n) is 15.6. The average molecular weight is 386 g/mol. The molecule has 1 N–H and O–H groups in total. The largest absolute Gasteiger partial charge is 0.350 e. The summed E-state index contributed by atoms with van der Waals surface area (Å²) in [7, 11) is 0. The van der Waals surface area contributed by atoms with Crippen LogP contribution in [-0.4, -0.2) is 23.3 Å². The fourth-order valence-electron chi connectivity index (χ4n) is 3.33. The lowest BCUT2D eigenvalue weighted by Crippen LogP contribution is -2.34. The Morgan fingerprint density at radius 1 is 0.759 bits per heavy atom. The van der Waals surface area contributed by atoms with Gasteiger partial charge in [-0.05, 0) is 41.8 Å². The van der Waals surface area contributed by atoms with Crippen molar-refractivity contribution >= 4 is 23.1 Å². The molecule has 3 aromatic carbocycles. The molecule has 3 aromatic rings. The molecule has 4 nitrogen and oxygen atoms in total. The second kappa shape index (κ2) is 8.10. The van der Waals surface area contributed by atoms with Crippen LogP contribution < -0.4 is 5.32 Å². The number of nitrogens with zero attached hydrogens (tertiary/aromatic N) is 1.